The first-order chi connectivity index (χ1) is 5.69. The molecule has 0 radical (unpaired) electrons. The monoisotopic (exact) mass is 164 g/mol. The van der Waals surface area contributed by atoms with E-state index in [9.17, 15) is 0 Å². The summed E-state index contributed by atoms with van der Waals surface area (Å²) in [6.45, 7) is 10.2. The molecule has 0 aromatic carbocycles. The van der Waals surface area contributed by atoms with E-state index in [0.717, 1.165) is 5.01 Å². The predicted octanol–water partition coefficient (Wildman–Crippen LogP) is -0.722. The molecule has 6 heteroatoms. The molecule has 0 saturated heterocycles. The van der Waals surface area contributed by atoms with Crippen LogP contribution in [0.1, 0.15) is 0 Å². The molecule has 1 heterocycles. The molecule has 0 bridgehead atoms. The Morgan fingerprint density at radius 3 is 2.92 bits per heavy atom. The van der Waals surface area contributed by atoms with E-state index in [1.54, 1.807) is 0 Å². The van der Waals surface area contributed by atoms with E-state index in [1.165, 1.54) is 6.08 Å². The molecule has 1 unspecified atom stereocenters. The summed E-state index contributed by atoms with van der Waals surface area (Å²) < 4.78 is 0. The van der Waals surface area contributed by atoms with Crippen molar-refractivity contribution in [1.29, 1.82) is 0 Å². The van der Waals surface area contributed by atoms with Gasteiger partial charge in [0.2, 0.25) is 18.1 Å². The lowest BCUT2D eigenvalue weighted by atomic mass is 10.5. The third kappa shape index (κ3) is 1.26. The minimum Gasteiger partial charge on any atom is -0.368 e. The summed E-state index contributed by atoms with van der Waals surface area (Å²) in [5.74, 6) is 0.391. The zero-order valence-electron chi connectivity index (χ0n) is 6.31. The van der Waals surface area contributed by atoms with Crippen LogP contribution in [-0.4, -0.2) is 23.1 Å². The van der Waals surface area contributed by atoms with Gasteiger partial charge >= 0.3 is 0 Å². The van der Waals surface area contributed by atoms with Crippen molar-refractivity contribution in [3.63, 3.8) is 0 Å². The summed E-state index contributed by atoms with van der Waals surface area (Å²) in [6, 6.07) is 0. The van der Waals surface area contributed by atoms with Crippen LogP contribution in [0.4, 0.5) is 0 Å². The second-order valence-electron chi connectivity index (χ2n) is 2.02. The fourth-order valence-electron chi connectivity index (χ4n) is 0.773. The second kappa shape index (κ2) is 3.02. The number of nitrogens with two attached hydrogens (primary N) is 2. The molecule has 4 N–H and O–H groups in total. The van der Waals surface area contributed by atoms with Crippen molar-refractivity contribution in [2.75, 3.05) is 0 Å². The van der Waals surface area contributed by atoms with E-state index in [0.29, 0.717) is 5.84 Å². The fraction of sp³-hybridized carbons (Fsp3) is 0.167. The van der Waals surface area contributed by atoms with Crippen LogP contribution in [-0.2, 0) is 0 Å². The van der Waals surface area contributed by atoms with E-state index in [-0.39, 0.29) is 5.96 Å². The lowest BCUT2D eigenvalue weighted by molar-refractivity contribution is 0.415. The maximum atomic E-state index is 6.76. The molecule has 0 aliphatic carbocycles. The minimum atomic E-state index is -0.784. The highest BCUT2D eigenvalue weighted by molar-refractivity contribution is 6.03. The molecule has 0 amide bonds. The first-order valence-electron chi connectivity index (χ1n) is 3.15. The first kappa shape index (κ1) is 8.23. The van der Waals surface area contributed by atoms with Crippen LogP contribution in [0, 0.1) is 6.57 Å². The molecular weight excluding hydrogens is 156 g/mol. The molecule has 0 saturated carbocycles. The average molecular weight is 164 g/mol. The van der Waals surface area contributed by atoms with Gasteiger partial charge in [-0.1, -0.05) is 6.58 Å². The van der Waals surface area contributed by atoms with Crippen molar-refractivity contribution < 1.29 is 0 Å². The zero-order valence-corrected chi connectivity index (χ0v) is 6.31. The number of aliphatic imine (C=N–C) groups is 2. The molecule has 1 aliphatic rings. The summed E-state index contributed by atoms with van der Waals surface area (Å²) in [5.41, 5.74) is 10.8. The number of rotatable bonds is 1. The molecule has 0 fully saturated rings. The van der Waals surface area contributed by atoms with E-state index in [2.05, 4.69) is 21.5 Å². The van der Waals surface area contributed by atoms with Gasteiger partial charge < -0.3 is 5.73 Å². The van der Waals surface area contributed by atoms with Crippen LogP contribution in [0.5, 0.6) is 0 Å². The molecule has 1 rings (SSSR count). The molecule has 0 spiro atoms. The maximum Gasteiger partial charge on any atom is 0.248 e. The fourth-order valence-corrected chi connectivity index (χ4v) is 0.773. The Hall–Kier alpha value is -1.87. The van der Waals surface area contributed by atoms with Crippen LogP contribution < -0.4 is 11.5 Å². The van der Waals surface area contributed by atoms with Gasteiger partial charge in [0.25, 0.3) is 0 Å². The zero-order chi connectivity index (χ0) is 9.14. The van der Waals surface area contributed by atoms with Gasteiger partial charge in [-0.05, 0) is 11.1 Å². The topological polar surface area (TPSA) is 84.4 Å². The number of amidine groups is 1. The highest BCUT2D eigenvalue weighted by Gasteiger charge is 2.25. The average Bonchev–Trinajstić information content (AvgIpc) is 2.03. The lowest BCUT2D eigenvalue weighted by Crippen LogP contribution is -2.44. The van der Waals surface area contributed by atoms with Crippen molar-refractivity contribution in [2.45, 2.75) is 6.29 Å². The quantitative estimate of drug-likeness (QED) is 0.501. The smallest absolute Gasteiger partial charge is 0.248 e. The van der Waals surface area contributed by atoms with Gasteiger partial charge in [-0.2, -0.15) is 16.5 Å². The van der Waals surface area contributed by atoms with Crippen molar-refractivity contribution in [3.05, 3.63) is 24.2 Å². The van der Waals surface area contributed by atoms with Gasteiger partial charge in [0.05, 0.1) is 0 Å². The number of hydrogen-bond donors (Lipinski definition) is 2. The Morgan fingerprint density at radius 2 is 2.42 bits per heavy atom. The van der Waals surface area contributed by atoms with Gasteiger partial charge in [0.15, 0.2) is 0 Å². The van der Waals surface area contributed by atoms with Gasteiger partial charge in [-0.25, -0.2) is 4.99 Å². The standard InChI is InChI=1S/C6H8N6/c1-3-4-10-5(7)11-6(8)12(4)9-2/h3,6H,1,8H2,(H2,7,11). The number of nitrogens with zero attached hydrogens (tertiary/aromatic N) is 4. The SMILES string of the molecule is [C-]#[N+]N1C(C=C)=NC(N)=NC1N. The van der Waals surface area contributed by atoms with Crippen molar-refractivity contribution in [3.8, 4) is 0 Å². The molecule has 6 nitrogen and oxygen atoms in total. The minimum absolute atomic E-state index is 0.0669. The first-order valence-corrected chi connectivity index (χ1v) is 3.15. The molecule has 1 aliphatic heterocycles. The van der Waals surface area contributed by atoms with Crippen LogP contribution >= 0.6 is 0 Å². The van der Waals surface area contributed by atoms with Gasteiger partial charge in [-0.15, -0.1) is 0 Å². The highest BCUT2D eigenvalue weighted by atomic mass is 15.6. The predicted molar refractivity (Wildman–Crippen MR) is 45.7 cm³/mol. The van der Waals surface area contributed by atoms with E-state index in [1.807, 2.05) is 0 Å². The summed E-state index contributed by atoms with van der Waals surface area (Å²) in [4.78, 5) is 10.6. The third-order valence-electron chi connectivity index (χ3n) is 1.27. The Labute approximate surface area is 69.7 Å². The maximum absolute atomic E-state index is 6.76. The van der Waals surface area contributed by atoms with Gasteiger partial charge in [0, 0.05) is 0 Å². The largest absolute Gasteiger partial charge is 0.368 e. The summed E-state index contributed by atoms with van der Waals surface area (Å²) in [5, 5.41) is 1.10. The molecule has 0 aromatic heterocycles. The Bertz CT molecular complexity index is 296. The summed E-state index contributed by atoms with van der Waals surface area (Å²) in [7, 11) is 0. The highest BCUT2D eigenvalue weighted by Crippen LogP contribution is 2.05. The van der Waals surface area contributed by atoms with Crippen LogP contribution in [0.25, 0.3) is 4.95 Å². The van der Waals surface area contributed by atoms with Crippen LogP contribution in [0.15, 0.2) is 22.6 Å². The Balaban J connectivity index is 3.02. The third-order valence-corrected chi connectivity index (χ3v) is 1.27. The van der Waals surface area contributed by atoms with Crippen molar-refractivity contribution in [1.82, 2.24) is 5.01 Å². The summed E-state index contributed by atoms with van der Waals surface area (Å²) >= 11 is 0. The molecule has 0 aromatic rings. The lowest BCUT2D eigenvalue weighted by Gasteiger charge is -2.17. The van der Waals surface area contributed by atoms with E-state index in [4.69, 9.17) is 18.0 Å². The van der Waals surface area contributed by atoms with Gasteiger partial charge in [0.1, 0.15) is 0 Å². The van der Waals surface area contributed by atoms with Crippen LogP contribution in [0.3, 0.4) is 0 Å². The number of hydrogen-bond acceptors (Lipinski definition) is 5. The molecule has 12 heavy (non-hydrogen) atoms. The molecule has 62 valence electrons. The Kier molecular flexibility index (Phi) is 2.07. The van der Waals surface area contributed by atoms with E-state index >= 15 is 0 Å². The van der Waals surface area contributed by atoms with Crippen molar-refractivity contribution >= 4 is 11.8 Å². The van der Waals surface area contributed by atoms with Crippen LogP contribution in [0.2, 0.25) is 0 Å². The normalized spacial score (nSPS) is 22.3. The number of guanidine groups is 1. The Morgan fingerprint density at radius 1 is 1.75 bits per heavy atom. The van der Waals surface area contributed by atoms with E-state index < -0.39 is 6.29 Å². The molecular formula is C6H8N6. The summed E-state index contributed by atoms with van der Waals surface area (Å²) in [6.07, 6.45) is 0.618. The molecule has 1 atom stereocenters. The van der Waals surface area contributed by atoms with Crippen molar-refractivity contribution in [2.24, 2.45) is 21.5 Å². The van der Waals surface area contributed by atoms with Gasteiger partial charge in [-0.3, -0.25) is 5.73 Å². The second-order valence-corrected chi connectivity index (χ2v) is 2.02.